The van der Waals surface area contributed by atoms with E-state index in [4.69, 9.17) is 9.15 Å². The maximum Gasteiger partial charge on any atom is 0.248 e. The zero-order valence-electron chi connectivity index (χ0n) is 14.4. The number of furan rings is 1. The molecule has 0 fully saturated rings. The molecule has 0 unspecified atom stereocenters. The normalized spacial score (nSPS) is 17.7. The number of hydrogen-bond donors (Lipinski definition) is 0. The van der Waals surface area contributed by atoms with E-state index in [2.05, 4.69) is 14.5 Å². The second-order valence-electron chi connectivity index (χ2n) is 6.49. The van der Waals surface area contributed by atoms with E-state index >= 15 is 0 Å². The highest BCUT2D eigenvalue weighted by atomic mass is 16.5. The molecule has 0 saturated carbocycles. The predicted molar refractivity (Wildman–Crippen MR) is 88.3 cm³/mol. The van der Waals surface area contributed by atoms with Crippen LogP contribution in [0.15, 0.2) is 29.3 Å². The maximum absolute atomic E-state index is 11.7. The molecule has 2 aromatic heterocycles. The lowest BCUT2D eigenvalue weighted by molar-refractivity contribution is -0.133. The van der Waals surface area contributed by atoms with Crippen molar-refractivity contribution in [1.29, 1.82) is 0 Å². The monoisotopic (exact) mass is 332 g/mol. The highest BCUT2D eigenvalue weighted by Crippen LogP contribution is 2.28. The molecule has 3 rings (SSSR count). The van der Waals surface area contributed by atoms with Crippen molar-refractivity contribution in [2.45, 2.75) is 19.0 Å². The summed E-state index contributed by atoms with van der Waals surface area (Å²) in [6, 6.07) is 1.98. The first kappa shape index (κ1) is 16.7. The SMILES string of the molecule is CN(C)C(=O)COC[C@@H]1CN(Cc2ccoc2)Cc2ncn(C)c21. The van der Waals surface area contributed by atoms with Crippen LogP contribution in [-0.4, -0.2) is 59.1 Å². The Hall–Kier alpha value is -2.12. The van der Waals surface area contributed by atoms with Gasteiger partial charge in [0.1, 0.15) is 6.61 Å². The molecule has 0 bridgehead atoms. The first-order chi connectivity index (χ1) is 11.5. The second kappa shape index (κ2) is 7.19. The van der Waals surface area contributed by atoms with Gasteiger partial charge in [0.15, 0.2) is 0 Å². The molecule has 0 N–H and O–H groups in total. The van der Waals surface area contributed by atoms with Crippen molar-refractivity contribution in [3.8, 4) is 0 Å². The Morgan fingerprint density at radius 3 is 3.04 bits per heavy atom. The van der Waals surface area contributed by atoms with Crippen LogP contribution in [0.25, 0.3) is 0 Å². The molecule has 0 aliphatic carbocycles. The van der Waals surface area contributed by atoms with Gasteiger partial charge in [-0.05, 0) is 6.07 Å². The van der Waals surface area contributed by atoms with Crippen LogP contribution < -0.4 is 0 Å². The van der Waals surface area contributed by atoms with E-state index < -0.39 is 0 Å². The minimum Gasteiger partial charge on any atom is -0.472 e. The Bertz CT molecular complexity index is 678. The number of rotatable bonds is 6. The molecule has 130 valence electrons. The van der Waals surface area contributed by atoms with Crippen molar-refractivity contribution in [2.75, 3.05) is 33.9 Å². The topological polar surface area (TPSA) is 63.7 Å². The van der Waals surface area contributed by atoms with Crippen molar-refractivity contribution in [3.05, 3.63) is 41.9 Å². The third kappa shape index (κ3) is 3.68. The van der Waals surface area contributed by atoms with E-state index in [-0.39, 0.29) is 18.4 Å². The Morgan fingerprint density at radius 2 is 2.33 bits per heavy atom. The van der Waals surface area contributed by atoms with Gasteiger partial charge < -0.3 is 18.6 Å². The molecule has 0 radical (unpaired) electrons. The lowest BCUT2D eigenvalue weighted by atomic mass is 9.98. The molecular formula is C17H24N4O3. The molecule has 2 aromatic rings. The largest absolute Gasteiger partial charge is 0.472 e. The van der Waals surface area contributed by atoms with Crippen molar-refractivity contribution in [3.63, 3.8) is 0 Å². The number of amides is 1. The fourth-order valence-corrected chi connectivity index (χ4v) is 3.12. The van der Waals surface area contributed by atoms with Crippen LogP contribution in [-0.2, 0) is 29.7 Å². The highest BCUT2D eigenvalue weighted by molar-refractivity contribution is 5.76. The minimum absolute atomic E-state index is 0.0220. The summed E-state index contributed by atoms with van der Waals surface area (Å²) < 4.78 is 12.9. The number of aryl methyl sites for hydroxylation is 1. The fraction of sp³-hybridized carbons (Fsp3) is 0.529. The zero-order valence-corrected chi connectivity index (χ0v) is 14.4. The van der Waals surface area contributed by atoms with Gasteiger partial charge >= 0.3 is 0 Å². The minimum atomic E-state index is -0.0220. The van der Waals surface area contributed by atoms with Crippen molar-refractivity contribution < 1.29 is 13.9 Å². The Balaban J connectivity index is 1.66. The van der Waals surface area contributed by atoms with Gasteiger partial charge in [-0.3, -0.25) is 9.69 Å². The van der Waals surface area contributed by atoms with Gasteiger partial charge in [0.2, 0.25) is 5.91 Å². The van der Waals surface area contributed by atoms with Gasteiger partial charge in [0, 0.05) is 58.0 Å². The number of likely N-dealkylation sites (N-methyl/N-ethyl adjacent to an activating group) is 1. The lowest BCUT2D eigenvalue weighted by Crippen LogP contribution is -2.36. The number of carbonyl (C=O) groups is 1. The molecule has 7 nitrogen and oxygen atoms in total. The fourth-order valence-electron chi connectivity index (χ4n) is 3.12. The number of imidazole rings is 1. The molecule has 0 aromatic carbocycles. The highest BCUT2D eigenvalue weighted by Gasteiger charge is 2.29. The standard InChI is InChI=1S/C17H24N4O3/c1-19(2)16(22)11-24-10-14-7-21(6-13-4-5-23-9-13)8-15-17(14)20(3)12-18-15/h4-5,9,12,14H,6-8,10-11H2,1-3H3/t14-/m0/s1. The van der Waals surface area contributed by atoms with Gasteiger partial charge in [0.05, 0.1) is 31.2 Å². The molecule has 1 aliphatic rings. The quantitative estimate of drug-likeness (QED) is 0.796. The van der Waals surface area contributed by atoms with Gasteiger partial charge in [-0.15, -0.1) is 0 Å². The first-order valence-corrected chi connectivity index (χ1v) is 8.06. The predicted octanol–water partition coefficient (Wildman–Crippen LogP) is 1.22. The maximum atomic E-state index is 11.7. The summed E-state index contributed by atoms with van der Waals surface area (Å²) in [5, 5.41) is 0. The first-order valence-electron chi connectivity index (χ1n) is 8.06. The van der Waals surface area contributed by atoms with Crippen LogP contribution >= 0.6 is 0 Å². The van der Waals surface area contributed by atoms with Crippen LogP contribution in [0.5, 0.6) is 0 Å². The lowest BCUT2D eigenvalue weighted by Gasteiger charge is -2.32. The second-order valence-corrected chi connectivity index (χ2v) is 6.49. The molecule has 1 atom stereocenters. The number of hydrogen-bond acceptors (Lipinski definition) is 5. The summed E-state index contributed by atoms with van der Waals surface area (Å²) in [7, 11) is 5.48. The van der Waals surface area contributed by atoms with Crippen molar-refractivity contribution in [2.24, 2.45) is 7.05 Å². The third-order valence-electron chi connectivity index (χ3n) is 4.33. The van der Waals surface area contributed by atoms with Gasteiger partial charge in [-0.2, -0.15) is 0 Å². The van der Waals surface area contributed by atoms with Crippen LogP contribution in [0.2, 0.25) is 0 Å². The van der Waals surface area contributed by atoms with Gasteiger partial charge in [-0.1, -0.05) is 0 Å². The van der Waals surface area contributed by atoms with Crippen LogP contribution in [0, 0.1) is 0 Å². The zero-order chi connectivity index (χ0) is 17.1. The molecule has 0 saturated heterocycles. The van der Waals surface area contributed by atoms with E-state index in [1.807, 2.05) is 19.4 Å². The molecule has 1 amide bonds. The molecule has 0 spiro atoms. The van der Waals surface area contributed by atoms with E-state index in [1.54, 1.807) is 31.5 Å². The summed E-state index contributed by atoms with van der Waals surface area (Å²) in [6.45, 7) is 3.12. The van der Waals surface area contributed by atoms with Crippen LogP contribution in [0.3, 0.4) is 0 Å². The summed E-state index contributed by atoms with van der Waals surface area (Å²) >= 11 is 0. The number of carbonyl (C=O) groups excluding carboxylic acids is 1. The van der Waals surface area contributed by atoms with Crippen LogP contribution in [0.4, 0.5) is 0 Å². The molecule has 7 heteroatoms. The van der Waals surface area contributed by atoms with Crippen molar-refractivity contribution in [1.82, 2.24) is 19.4 Å². The van der Waals surface area contributed by atoms with E-state index in [0.717, 1.165) is 30.9 Å². The van der Waals surface area contributed by atoms with Crippen molar-refractivity contribution >= 4 is 5.91 Å². The number of aromatic nitrogens is 2. The van der Waals surface area contributed by atoms with E-state index in [0.29, 0.717) is 6.61 Å². The number of fused-ring (bicyclic) bond motifs is 1. The smallest absolute Gasteiger partial charge is 0.248 e. The average molecular weight is 332 g/mol. The number of nitrogens with zero attached hydrogens (tertiary/aromatic N) is 4. The van der Waals surface area contributed by atoms with Gasteiger partial charge in [0.25, 0.3) is 0 Å². The van der Waals surface area contributed by atoms with E-state index in [1.165, 1.54) is 5.69 Å². The Kier molecular flexibility index (Phi) is 5.01. The number of ether oxygens (including phenoxy) is 1. The Morgan fingerprint density at radius 1 is 1.50 bits per heavy atom. The summed E-state index contributed by atoms with van der Waals surface area (Å²) in [5.74, 6) is 0.175. The third-order valence-corrected chi connectivity index (χ3v) is 4.33. The van der Waals surface area contributed by atoms with Crippen LogP contribution in [0.1, 0.15) is 22.9 Å². The molecular weight excluding hydrogens is 308 g/mol. The summed E-state index contributed by atoms with van der Waals surface area (Å²) in [6.07, 6.45) is 5.32. The molecule has 3 heterocycles. The summed E-state index contributed by atoms with van der Waals surface area (Å²) in [4.78, 5) is 20.1. The summed E-state index contributed by atoms with van der Waals surface area (Å²) in [5.41, 5.74) is 3.44. The average Bonchev–Trinajstić information content (AvgIpc) is 3.17. The van der Waals surface area contributed by atoms with Gasteiger partial charge in [-0.25, -0.2) is 4.98 Å². The Labute approximate surface area is 141 Å². The molecule has 1 aliphatic heterocycles. The van der Waals surface area contributed by atoms with E-state index in [9.17, 15) is 4.79 Å². The molecule has 24 heavy (non-hydrogen) atoms.